The monoisotopic (exact) mass is 149 g/mol. The largest absolute Gasteiger partial charge is 0.193 e. The van der Waals surface area contributed by atoms with Gasteiger partial charge in [-0.3, -0.25) is 0 Å². The zero-order chi connectivity index (χ0) is 8.69. The molecule has 0 saturated heterocycles. The predicted octanol–water partition coefficient (Wildman–Crippen LogP) is 3.20. The number of hydrogen-bond acceptors (Lipinski definition) is 1. The van der Waals surface area contributed by atoms with Gasteiger partial charge in [0.2, 0.25) is 0 Å². The lowest BCUT2D eigenvalue weighted by Crippen LogP contribution is -1.74. The molecule has 0 rings (SSSR count). The molecule has 0 bridgehead atoms. The van der Waals surface area contributed by atoms with Gasteiger partial charge in [0.1, 0.15) is 0 Å². The number of rotatable bonds is 3. The van der Waals surface area contributed by atoms with Crippen LogP contribution < -0.4 is 0 Å². The van der Waals surface area contributed by atoms with E-state index in [0.29, 0.717) is 0 Å². The van der Waals surface area contributed by atoms with Crippen molar-refractivity contribution in [3.05, 3.63) is 23.3 Å². The Balaban J connectivity index is 4.21. The van der Waals surface area contributed by atoms with Crippen molar-refractivity contribution in [2.24, 2.45) is 0 Å². The highest BCUT2D eigenvalue weighted by molar-refractivity contribution is 5.26. The molecule has 0 aliphatic rings. The second-order valence-electron chi connectivity index (χ2n) is 2.52. The van der Waals surface area contributed by atoms with Gasteiger partial charge >= 0.3 is 0 Å². The summed E-state index contributed by atoms with van der Waals surface area (Å²) < 4.78 is 0. The number of nitrogens with zero attached hydrogens (tertiary/aromatic N) is 1. The third-order valence-electron chi connectivity index (χ3n) is 1.65. The Morgan fingerprint density at radius 2 is 1.91 bits per heavy atom. The SMILES string of the molecule is CC/C(C)=C/C=C(/C#N)CC. The molecule has 0 N–H and O–H groups in total. The molecular weight excluding hydrogens is 134 g/mol. The van der Waals surface area contributed by atoms with Crippen LogP contribution in [0.15, 0.2) is 23.3 Å². The van der Waals surface area contributed by atoms with Crippen LogP contribution in [-0.4, -0.2) is 0 Å². The fourth-order valence-electron chi connectivity index (χ4n) is 0.595. The van der Waals surface area contributed by atoms with Crippen LogP contribution in [0.2, 0.25) is 0 Å². The molecule has 0 saturated carbocycles. The van der Waals surface area contributed by atoms with Gasteiger partial charge in [0.15, 0.2) is 0 Å². The summed E-state index contributed by atoms with van der Waals surface area (Å²) in [5, 5.41) is 8.56. The zero-order valence-corrected chi connectivity index (χ0v) is 7.52. The summed E-state index contributed by atoms with van der Waals surface area (Å²) in [6.45, 7) is 6.17. The molecule has 11 heavy (non-hydrogen) atoms. The second kappa shape index (κ2) is 5.73. The average Bonchev–Trinajstić information content (AvgIpc) is 2.06. The molecular formula is C10H15N. The molecule has 0 aromatic heterocycles. The first-order chi connectivity index (χ1) is 5.24. The summed E-state index contributed by atoms with van der Waals surface area (Å²) in [7, 11) is 0. The van der Waals surface area contributed by atoms with Crippen molar-refractivity contribution in [3.8, 4) is 6.07 Å². The van der Waals surface area contributed by atoms with E-state index in [1.807, 2.05) is 19.1 Å². The topological polar surface area (TPSA) is 23.8 Å². The van der Waals surface area contributed by atoms with Crippen molar-refractivity contribution in [1.82, 2.24) is 0 Å². The summed E-state index contributed by atoms with van der Waals surface area (Å²) in [6, 6.07) is 2.15. The van der Waals surface area contributed by atoms with Crippen molar-refractivity contribution in [2.75, 3.05) is 0 Å². The van der Waals surface area contributed by atoms with Crippen LogP contribution in [0.25, 0.3) is 0 Å². The summed E-state index contributed by atoms with van der Waals surface area (Å²) in [5.74, 6) is 0. The van der Waals surface area contributed by atoms with Gasteiger partial charge in [0.05, 0.1) is 6.07 Å². The van der Waals surface area contributed by atoms with E-state index >= 15 is 0 Å². The van der Waals surface area contributed by atoms with Crippen LogP contribution in [0.1, 0.15) is 33.6 Å². The molecule has 0 atom stereocenters. The van der Waals surface area contributed by atoms with Crippen molar-refractivity contribution in [2.45, 2.75) is 33.6 Å². The third kappa shape index (κ3) is 4.38. The minimum absolute atomic E-state index is 0.823. The normalized spacial score (nSPS) is 12.9. The molecule has 0 aromatic carbocycles. The Kier molecular flexibility index (Phi) is 5.20. The molecule has 60 valence electrons. The lowest BCUT2D eigenvalue weighted by atomic mass is 10.1. The van der Waals surface area contributed by atoms with Gasteiger partial charge in [-0.15, -0.1) is 0 Å². The van der Waals surface area contributed by atoms with E-state index < -0.39 is 0 Å². The van der Waals surface area contributed by atoms with E-state index in [9.17, 15) is 0 Å². The number of nitriles is 1. The summed E-state index contributed by atoms with van der Waals surface area (Å²) in [5.41, 5.74) is 2.16. The van der Waals surface area contributed by atoms with Crippen LogP contribution in [0, 0.1) is 11.3 Å². The fraction of sp³-hybridized carbons (Fsp3) is 0.500. The van der Waals surface area contributed by atoms with Gasteiger partial charge < -0.3 is 0 Å². The maximum absolute atomic E-state index is 8.56. The lowest BCUT2D eigenvalue weighted by Gasteiger charge is -1.91. The van der Waals surface area contributed by atoms with Gasteiger partial charge in [0, 0.05) is 5.57 Å². The van der Waals surface area contributed by atoms with Gasteiger partial charge in [-0.2, -0.15) is 5.26 Å². The summed E-state index contributed by atoms with van der Waals surface area (Å²) >= 11 is 0. The van der Waals surface area contributed by atoms with E-state index in [4.69, 9.17) is 5.26 Å². The van der Waals surface area contributed by atoms with Crippen molar-refractivity contribution < 1.29 is 0 Å². The first-order valence-corrected chi connectivity index (χ1v) is 4.01. The summed E-state index contributed by atoms with van der Waals surface area (Å²) in [6.07, 6.45) is 5.80. The van der Waals surface area contributed by atoms with Crippen LogP contribution in [-0.2, 0) is 0 Å². The lowest BCUT2D eigenvalue weighted by molar-refractivity contribution is 1.09. The first-order valence-electron chi connectivity index (χ1n) is 4.01. The molecule has 0 aromatic rings. The van der Waals surface area contributed by atoms with E-state index in [1.54, 1.807) is 0 Å². The van der Waals surface area contributed by atoms with E-state index in [-0.39, 0.29) is 0 Å². The van der Waals surface area contributed by atoms with Gasteiger partial charge in [-0.25, -0.2) is 0 Å². The highest BCUT2D eigenvalue weighted by Gasteiger charge is 1.87. The first kappa shape index (κ1) is 9.97. The van der Waals surface area contributed by atoms with Crippen LogP contribution >= 0.6 is 0 Å². The number of allylic oxidation sites excluding steroid dienone is 4. The molecule has 0 fully saturated rings. The molecule has 0 radical (unpaired) electrons. The van der Waals surface area contributed by atoms with E-state index in [2.05, 4.69) is 19.9 Å². The van der Waals surface area contributed by atoms with Crippen molar-refractivity contribution >= 4 is 0 Å². The maximum atomic E-state index is 8.56. The Morgan fingerprint density at radius 3 is 2.27 bits per heavy atom. The van der Waals surface area contributed by atoms with Crippen LogP contribution in [0.3, 0.4) is 0 Å². The van der Waals surface area contributed by atoms with Gasteiger partial charge in [-0.05, 0) is 25.8 Å². The minimum Gasteiger partial charge on any atom is -0.193 e. The third-order valence-corrected chi connectivity index (χ3v) is 1.65. The highest BCUT2D eigenvalue weighted by Crippen LogP contribution is 2.02. The van der Waals surface area contributed by atoms with Gasteiger partial charge in [-0.1, -0.05) is 25.5 Å². The molecule has 0 unspecified atom stereocenters. The number of hydrogen-bond donors (Lipinski definition) is 0. The average molecular weight is 149 g/mol. The minimum atomic E-state index is 0.823. The molecule has 0 amide bonds. The Labute approximate surface area is 69.0 Å². The summed E-state index contributed by atoms with van der Waals surface area (Å²) in [4.78, 5) is 0. The molecule has 0 aliphatic heterocycles. The second-order valence-corrected chi connectivity index (χ2v) is 2.52. The molecule has 0 aliphatic carbocycles. The Bertz CT molecular complexity index is 203. The zero-order valence-electron chi connectivity index (χ0n) is 7.52. The maximum Gasteiger partial charge on any atom is 0.0946 e. The van der Waals surface area contributed by atoms with Crippen molar-refractivity contribution in [1.29, 1.82) is 5.26 Å². The molecule has 1 nitrogen and oxygen atoms in total. The Hall–Kier alpha value is -1.03. The predicted molar refractivity (Wildman–Crippen MR) is 48.0 cm³/mol. The van der Waals surface area contributed by atoms with Crippen LogP contribution in [0.5, 0.6) is 0 Å². The molecule has 0 spiro atoms. The smallest absolute Gasteiger partial charge is 0.0946 e. The standard InChI is InChI=1S/C10H15N/c1-4-9(3)6-7-10(5-2)8-11/h6-7H,4-5H2,1-3H3/b9-6+,10-7+. The van der Waals surface area contributed by atoms with Crippen molar-refractivity contribution in [3.63, 3.8) is 0 Å². The highest BCUT2D eigenvalue weighted by atomic mass is 14.2. The van der Waals surface area contributed by atoms with Crippen LogP contribution in [0.4, 0.5) is 0 Å². The van der Waals surface area contributed by atoms with E-state index in [1.165, 1.54) is 5.57 Å². The van der Waals surface area contributed by atoms with E-state index in [0.717, 1.165) is 18.4 Å². The quantitative estimate of drug-likeness (QED) is 0.446. The van der Waals surface area contributed by atoms with Gasteiger partial charge in [0.25, 0.3) is 0 Å². The molecule has 0 heterocycles. The molecule has 1 heteroatoms. The fourth-order valence-corrected chi connectivity index (χ4v) is 0.595. The Morgan fingerprint density at radius 1 is 1.27 bits per heavy atom.